The highest BCUT2D eigenvalue weighted by atomic mass is 32.1. The zero-order chi connectivity index (χ0) is 21.8. The van der Waals surface area contributed by atoms with Crippen LogP contribution in [0, 0.1) is 5.41 Å². The quantitative estimate of drug-likeness (QED) is 0.613. The Morgan fingerprint density at radius 1 is 1.20 bits per heavy atom. The number of aromatic carboxylic acids is 1. The van der Waals surface area contributed by atoms with E-state index in [4.69, 9.17) is 0 Å². The van der Waals surface area contributed by atoms with E-state index in [1.54, 1.807) is 32.9 Å². The number of ketones is 1. The molecule has 1 aliphatic heterocycles. The lowest BCUT2D eigenvalue weighted by Gasteiger charge is -2.26. The summed E-state index contributed by atoms with van der Waals surface area (Å²) in [5.41, 5.74) is -0.0860. The van der Waals surface area contributed by atoms with Crippen molar-refractivity contribution in [1.29, 1.82) is 0 Å². The highest BCUT2D eigenvalue weighted by Crippen LogP contribution is 2.46. The van der Waals surface area contributed by atoms with Gasteiger partial charge in [-0.25, -0.2) is 9.78 Å². The van der Waals surface area contributed by atoms with Gasteiger partial charge in [-0.3, -0.25) is 14.5 Å². The molecule has 4 rings (SSSR count). The number of carboxylic acid groups (broad SMARTS) is 1. The normalized spacial score (nSPS) is 17.2. The highest BCUT2D eigenvalue weighted by Gasteiger charge is 2.48. The number of aromatic nitrogens is 1. The molecular weight excluding hydrogens is 424 g/mol. The van der Waals surface area contributed by atoms with Crippen molar-refractivity contribution in [3.05, 3.63) is 57.5 Å². The van der Waals surface area contributed by atoms with Crippen LogP contribution in [0.3, 0.4) is 0 Å². The van der Waals surface area contributed by atoms with Crippen LogP contribution in [-0.2, 0) is 9.59 Å². The molecule has 154 valence electrons. The number of aliphatic hydroxyl groups is 1. The lowest BCUT2D eigenvalue weighted by Crippen LogP contribution is -2.32. The van der Waals surface area contributed by atoms with Gasteiger partial charge in [0.05, 0.1) is 21.4 Å². The van der Waals surface area contributed by atoms with Crippen molar-refractivity contribution in [1.82, 2.24) is 4.98 Å². The van der Waals surface area contributed by atoms with Crippen LogP contribution in [0.1, 0.15) is 42.0 Å². The molecule has 2 aromatic heterocycles. The molecule has 0 fully saturated rings. The largest absolute Gasteiger partial charge is 0.503 e. The predicted molar refractivity (Wildman–Crippen MR) is 115 cm³/mol. The fraction of sp³-hybridized carbons (Fsp3) is 0.238. The SMILES string of the molecule is CC(C)(C)C(=O)C1=C(O)C(=O)N(c2nc3ccc(C(=O)O)cc3s2)C1c1cccs1. The zero-order valence-corrected chi connectivity index (χ0v) is 18.0. The molecule has 0 bridgehead atoms. The number of hydrogen-bond donors (Lipinski definition) is 2. The van der Waals surface area contributed by atoms with Crippen LogP contribution in [0.5, 0.6) is 0 Å². The number of carbonyl (C=O) groups is 3. The predicted octanol–water partition coefficient (Wildman–Crippen LogP) is 4.57. The van der Waals surface area contributed by atoms with Crippen molar-refractivity contribution in [2.24, 2.45) is 5.41 Å². The van der Waals surface area contributed by atoms with Gasteiger partial charge in [-0.2, -0.15) is 0 Å². The first-order chi connectivity index (χ1) is 14.1. The molecule has 2 N–H and O–H groups in total. The maximum absolute atomic E-state index is 13.1. The van der Waals surface area contributed by atoms with Gasteiger partial charge < -0.3 is 10.2 Å². The number of aliphatic hydroxyl groups excluding tert-OH is 1. The average Bonchev–Trinajstić information content (AvgIpc) is 3.38. The van der Waals surface area contributed by atoms with E-state index >= 15 is 0 Å². The van der Waals surface area contributed by atoms with Crippen molar-refractivity contribution in [2.75, 3.05) is 4.90 Å². The van der Waals surface area contributed by atoms with Gasteiger partial charge in [0.1, 0.15) is 6.04 Å². The topological polar surface area (TPSA) is 108 Å². The molecule has 9 heteroatoms. The van der Waals surface area contributed by atoms with Gasteiger partial charge >= 0.3 is 5.97 Å². The molecule has 0 aliphatic carbocycles. The molecule has 1 atom stereocenters. The van der Waals surface area contributed by atoms with Crippen LogP contribution in [0.15, 0.2) is 47.0 Å². The molecule has 7 nitrogen and oxygen atoms in total. The smallest absolute Gasteiger partial charge is 0.335 e. The molecule has 3 heterocycles. The average molecular weight is 443 g/mol. The second-order valence-electron chi connectivity index (χ2n) is 7.92. The number of amides is 1. The van der Waals surface area contributed by atoms with E-state index in [2.05, 4.69) is 4.98 Å². The molecule has 0 radical (unpaired) electrons. The van der Waals surface area contributed by atoms with Gasteiger partial charge in [0.2, 0.25) is 0 Å². The van der Waals surface area contributed by atoms with E-state index in [0.29, 0.717) is 15.3 Å². The molecule has 0 spiro atoms. The Morgan fingerprint density at radius 2 is 1.93 bits per heavy atom. The van der Waals surface area contributed by atoms with Crippen LogP contribution in [0.2, 0.25) is 0 Å². The van der Waals surface area contributed by atoms with E-state index in [1.165, 1.54) is 28.4 Å². The molecule has 1 unspecified atom stereocenters. The minimum absolute atomic E-state index is 0.0560. The summed E-state index contributed by atoms with van der Waals surface area (Å²) in [5.74, 6) is -2.64. The summed E-state index contributed by atoms with van der Waals surface area (Å²) < 4.78 is 0.595. The number of rotatable bonds is 4. The third-order valence-electron chi connectivity index (χ3n) is 4.78. The van der Waals surface area contributed by atoms with E-state index in [1.807, 2.05) is 11.4 Å². The third-order valence-corrected chi connectivity index (χ3v) is 6.72. The number of hydrogen-bond acceptors (Lipinski definition) is 7. The molecule has 1 aromatic carbocycles. The molecule has 1 aliphatic rings. The van der Waals surface area contributed by atoms with E-state index in [0.717, 1.165) is 16.2 Å². The first-order valence-electron chi connectivity index (χ1n) is 9.08. The van der Waals surface area contributed by atoms with Crippen LogP contribution >= 0.6 is 22.7 Å². The first-order valence-corrected chi connectivity index (χ1v) is 10.8. The molecular formula is C21H18N2O5S2. The van der Waals surface area contributed by atoms with Crippen molar-refractivity contribution in [3.8, 4) is 0 Å². The number of nitrogens with zero attached hydrogens (tertiary/aromatic N) is 2. The molecule has 3 aromatic rings. The summed E-state index contributed by atoms with van der Waals surface area (Å²) in [5, 5.41) is 22.0. The summed E-state index contributed by atoms with van der Waals surface area (Å²) in [6.45, 7) is 5.21. The van der Waals surface area contributed by atoms with Gasteiger partial charge in [0, 0.05) is 10.3 Å². The maximum atomic E-state index is 13.1. The number of carbonyl (C=O) groups excluding carboxylic acids is 2. The molecule has 0 saturated heterocycles. The Hall–Kier alpha value is -3.04. The van der Waals surface area contributed by atoms with Crippen molar-refractivity contribution in [2.45, 2.75) is 26.8 Å². The Morgan fingerprint density at radius 3 is 2.53 bits per heavy atom. The lowest BCUT2D eigenvalue weighted by molar-refractivity contribution is -0.123. The standard InChI is InChI=1S/C21H18N2O5S2/c1-21(2,3)17(25)14-15(12-5-4-8-29-12)23(18(26)16(14)24)20-22-11-7-6-10(19(27)28)9-13(11)30-20/h4-9,15,24H,1-3H3,(H,27,28). The van der Waals surface area contributed by atoms with Gasteiger partial charge in [-0.05, 0) is 29.6 Å². The second-order valence-corrected chi connectivity index (χ2v) is 9.91. The lowest BCUT2D eigenvalue weighted by atomic mass is 9.83. The summed E-state index contributed by atoms with van der Waals surface area (Å²) in [7, 11) is 0. The second kappa shape index (κ2) is 7.03. The number of fused-ring (bicyclic) bond motifs is 1. The minimum Gasteiger partial charge on any atom is -0.503 e. The summed E-state index contributed by atoms with van der Waals surface area (Å²) in [4.78, 5) is 44.0. The van der Waals surface area contributed by atoms with Gasteiger partial charge in [0.25, 0.3) is 5.91 Å². The Balaban J connectivity index is 1.87. The number of anilines is 1. The zero-order valence-electron chi connectivity index (χ0n) is 16.4. The number of thiophene rings is 1. The van der Waals surface area contributed by atoms with E-state index in [-0.39, 0.29) is 16.9 Å². The van der Waals surface area contributed by atoms with Crippen molar-refractivity contribution < 1.29 is 24.6 Å². The number of carboxylic acids is 1. The number of Topliss-reactive ketones (excluding diaryl/α,β-unsaturated/α-hetero) is 1. The Kier molecular flexibility index (Phi) is 4.74. The fourth-order valence-electron chi connectivity index (χ4n) is 3.30. The monoisotopic (exact) mass is 442 g/mol. The third kappa shape index (κ3) is 3.20. The van der Waals surface area contributed by atoms with E-state index < -0.39 is 29.1 Å². The fourth-order valence-corrected chi connectivity index (χ4v) is 5.16. The van der Waals surface area contributed by atoms with Crippen molar-refractivity contribution in [3.63, 3.8) is 0 Å². The van der Waals surface area contributed by atoms with Gasteiger partial charge in [0.15, 0.2) is 16.7 Å². The molecule has 1 amide bonds. The molecule has 30 heavy (non-hydrogen) atoms. The van der Waals surface area contributed by atoms with Gasteiger partial charge in [-0.1, -0.05) is 38.2 Å². The first kappa shape index (κ1) is 20.2. The van der Waals surface area contributed by atoms with E-state index in [9.17, 15) is 24.6 Å². The number of benzene rings is 1. The van der Waals surface area contributed by atoms with Crippen LogP contribution in [-0.4, -0.2) is 32.9 Å². The van der Waals surface area contributed by atoms with Crippen LogP contribution < -0.4 is 4.90 Å². The number of thiazole rings is 1. The van der Waals surface area contributed by atoms with Gasteiger partial charge in [-0.15, -0.1) is 11.3 Å². The minimum atomic E-state index is -1.06. The van der Waals surface area contributed by atoms with Crippen molar-refractivity contribution >= 4 is 55.7 Å². The summed E-state index contributed by atoms with van der Waals surface area (Å²) >= 11 is 2.52. The molecule has 0 saturated carbocycles. The highest BCUT2D eigenvalue weighted by molar-refractivity contribution is 7.22. The summed E-state index contributed by atoms with van der Waals surface area (Å²) in [6.07, 6.45) is 0. The summed E-state index contributed by atoms with van der Waals surface area (Å²) in [6, 6.07) is 7.35. The maximum Gasteiger partial charge on any atom is 0.335 e. The Labute approximate surface area is 179 Å². The van der Waals surface area contributed by atoms with Crippen LogP contribution in [0.25, 0.3) is 10.2 Å². The Bertz CT molecular complexity index is 1220. The van der Waals surface area contributed by atoms with Crippen LogP contribution in [0.4, 0.5) is 5.13 Å².